The molecule has 1 heterocycles. The van der Waals surface area contributed by atoms with E-state index < -0.39 is 0 Å². The number of amides is 1. The van der Waals surface area contributed by atoms with Crippen molar-refractivity contribution < 1.29 is 4.79 Å². The lowest BCUT2D eigenvalue weighted by molar-refractivity contribution is -0.131. The fourth-order valence-corrected chi connectivity index (χ4v) is 2.57. The van der Waals surface area contributed by atoms with Crippen LogP contribution in [0.1, 0.15) is 33.1 Å². The molecule has 0 spiro atoms. The molecule has 0 radical (unpaired) electrons. The summed E-state index contributed by atoms with van der Waals surface area (Å²) in [6, 6.07) is 0. The summed E-state index contributed by atoms with van der Waals surface area (Å²) in [6.07, 6.45) is 2.82. The molecule has 3 N–H and O–H groups in total. The van der Waals surface area contributed by atoms with Crippen LogP contribution in [0.5, 0.6) is 0 Å². The van der Waals surface area contributed by atoms with Gasteiger partial charge in [0.15, 0.2) is 0 Å². The average molecular weight is 241 g/mol. The van der Waals surface area contributed by atoms with Gasteiger partial charge in [-0.3, -0.25) is 4.79 Å². The number of nitrogens with one attached hydrogen (secondary N) is 1. The molecule has 0 saturated carbocycles. The van der Waals surface area contributed by atoms with E-state index in [-0.39, 0.29) is 11.3 Å². The van der Waals surface area contributed by atoms with E-state index in [1.165, 1.54) is 6.42 Å². The number of carbonyl (C=O) groups excluding carboxylic acids is 1. The third-order valence-corrected chi connectivity index (χ3v) is 4.27. The van der Waals surface area contributed by atoms with E-state index in [9.17, 15) is 4.79 Å². The molecule has 0 aromatic heterocycles. The molecule has 4 heteroatoms. The van der Waals surface area contributed by atoms with Crippen molar-refractivity contribution in [3.63, 3.8) is 0 Å². The predicted octanol–water partition coefficient (Wildman–Crippen LogP) is 0.819. The van der Waals surface area contributed by atoms with Crippen molar-refractivity contribution in [3.05, 3.63) is 0 Å². The van der Waals surface area contributed by atoms with Crippen LogP contribution >= 0.6 is 0 Å². The summed E-state index contributed by atoms with van der Waals surface area (Å²) >= 11 is 0. The Morgan fingerprint density at radius 3 is 2.53 bits per heavy atom. The summed E-state index contributed by atoms with van der Waals surface area (Å²) in [7, 11) is 2.13. The molecule has 0 aromatic carbocycles. The standard InChI is InChI=1S/C13H27N3O/c1-4-13(5-2,10-14)12(17)15-8-11-6-7-16(3)9-11/h11H,4-10,14H2,1-3H3,(H,15,17). The fourth-order valence-electron chi connectivity index (χ4n) is 2.57. The summed E-state index contributed by atoms with van der Waals surface area (Å²) in [6.45, 7) is 7.55. The van der Waals surface area contributed by atoms with Gasteiger partial charge >= 0.3 is 0 Å². The molecule has 1 unspecified atom stereocenters. The summed E-state index contributed by atoms with van der Waals surface area (Å²) < 4.78 is 0. The van der Waals surface area contributed by atoms with Gasteiger partial charge in [0.2, 0.25) is 5.91 Å². The van der Waals surface area contributed by atoms with Gasteiger partial charge in [0, 0.05) is 19.6 Å². The van der Waals surface area contributed by atoms with Gasteiger partial charge in [-0.05, 0) is 38.8 Å². The number of rotatable bonds is 6. The van der Waals surface area contributed by atoms with Crippen molar-refractivity contribution in [1.29, 1.82) is 0 Å². The molecule has 17 heavy (non-hydrogen) atoms. The Morgan fingerprint density at radius 1 is 1.47 bits per heavy atom. The molecule has 100 valence electrons. The zero-order valence-electron chi connectivity index (χ0n) is 11.5. The Labute approximate surface area is 105 Å². The van der Waals surface area contributed by atoms with Crippen LogP contribution in [0.15, 0.2) is 0 Å². The molecular formula is C13H27N3O. The first kappa shape index (κ1) is 14.5. The minimum absolute atomic E-state index is 0.138. The third kappa shape index (κ3) is 3.42. The van der Waals surface area contributed by atoms with E-state index in [0.717, 1.165) is 32.5 Å². The smallest absolute Gasteiger partial charge is 0.227 e. The molecule has 0 aliphatic carbocycles. The molecule has 1 atom stereocenters. The van der Waals surface area contributed by atoms with E-state index in [2.05, 4.69) is 17.3 Å². The fraction of sp³-hybridized carbons (Fsp3) is 0.923. The minimum Gasteiger partial charge on any atom is -0.355 e. The summed E-state index contributed by atoms with van der Waals surface area (Å²) in [5.74, 6) is 0.743. The second-order valence-electron chi connectivity index (χ2n) is 5.32. The second kappa shape index (κ2) is 6.36. The number of likely N-dealkylation sites (tertiary alicyclic amines) is 1. The van der Waals surface area contributed by atoms with Crippen LogP contribution in [-0.4, -0.2) is 44.0 Å². The Kier molecular flexibility index (Phi) is 5.40. The highest BCUT2D eigenvalue weighted by molar-refractivity contribution is 5.82. The molecule has 1 saturated heterocycles. The quantitative estimate of drug-likeness (QED) is 0.724. The summed E-state index contributed by atoms with van der Waals surface area (Å²) in [5, 5.41) is 3.09. The first-order valence-corrected chi connectivity index (χ1v) is 6.75. The van der Waals surface area contributed by atoms with Crippen molar-refractivity contribution >= 4 is 5.91 Å². The number of hydrogen-bond acceptors (Lipinski definition) is 3. The zero-order valence-corrected chi connectivity index (χ0v) is 11.5. The highest BCUT2D eigenvalue weighted by atomic mass is 16.2. The first-order valence-electron chi connectivity index (χ1n) is 6.75. The van der Waals surface area contributed by atoms with Crippen molar-refractivity contribution in [2.45, 2.75) is 33.1 Å². The maximum atomic E-state index is 12.2. The van der Waals surface area contributed by atoms with Gasteiger partial charge < -0.3 is 16.0 Å². The van der Waals surface area contributed by atoms with Gasteiger partial charge in [0.25, 0.3) is 0 Å². The normalized spacial score (nSPS) is 21.8. The lowest BCUT2D eigenvalue weighted by atomic mass is 9.81. The monoisotopic (exact) mass is 241 g/mol. The highest BCUT2D eigenvalue weighted by Gasteiger charge is 2.33. The molecule has 1 rings (SSSR count). The van der Waals surface area contributed by atoms with Crippen molar-refractivity contribution in [2.75, 3.05) is 33.2 Å². The zero-order chi connectivity index (χ0) is 12.9. The van der Waals surface area contributed by atoms with Crippen LogP contribution in [-0.2, 0) is 4.79 Å². The van der Waals surface area contributed by atoms with Gasteiger partial charge in [0.05, 0.1) is 5.41 Å². The van der Waals surface area contributed by atoms with E-state index >= 15 is 0 Å². The van der Waals surface area contributed by atoms with Crippen LogP contribution in [0.25, 0.3) is 0 Å². The summed E-state index contributed by atoms with van der Waals surface area (Å²) in [4.78, 5) is 14.5. The second-order valence-corrected chi connectivity index (χ2v) is 5.32. The molecular weight excluding hydrogens is 214 g/mol. The maximum Gasteiger partial charge on any atom is 0.227 e. The largest absolute Gasteiger partial charge is 0.355 e. The number of nitrogens with zero attached hydrogens (tertiary/aromatic N) is 1. The maximum absolute atomic E-state index is 12.2. The van der Waals surface area contributed by atoms with E-state index in [4.69, 9.17) is 5.73 Å². The highest BCUT2D eigenvalue weighted by Crippen LogP contribution is 2.25. The predicted molar refractivity (Wildman–Crippen MR) is 70.7 cm³/mol. The lowest BCUT2D eigenvalue weighted by Gasteiger charge is -2.29. The minimum atomic E-state index is -0.357. The Bertz CT molecular complexity index is 243. The van der Waals surface area contributed by atoms with Crippen molar-refractivity contribution in [1.82, 2.24) is 10.2 Å². The molecule has 1 fully saturated rings. The van der Waals surface area contributed by atoms with Crippen LogP contribution < -0.4 is 11.1 Å². The van der Waals surface area contributed by atoms with Crippen LogP contribution in [0.4, 0.5) is 0 Å². The third-order valence-electron chi connectivity index (χ3n) is 4.27. The van der Waals surface area contributed by atoms with E-state index in [1.54, 1.807) is 0 Å². The van der Waals surface area contributed by atoms with E-state index in [1.807, 2.05) is 13.8 Å². The van der Waals surface area contributed by atoms with Crippen LogP contribution in [0.2, 0.25) is 0 Å². The SMILES string of the molecule is CCC(CC)(CN)C(=O)NCC1CCN(C)C1. The van der Waals surface area contributed by atoms with Crippen molar-refractivity contribution in [2.24, 2.45) is 17.1 Å². The van der Waals surface area contributed by atoms with Gasteiger partial charge in [-0.15, -0.1) is 0 Å². The molecule has 1 aliphatic heterocycles. The van der Waals surface area contributed by atoms with Crippen LogP contribution in [0, 0.1) is 11.3 Å². The Balaban J connectivity index is 2.42. The molecule has 4 nitrogen and oxygen atoms in total. The average Bonchev–Trinajstić information content (AvgIpc) is 2.75. The van der Waals surface area contributed by atoms with E-state index in [0.29, 0.717) is 12.5 Å². The Hall–Kier alpha value is -0.610. The lowest BCUT2D eigenvalue weighted by Crippen LogP contribution is -2.46. The van der Waals surface area contributed by atoms with Gasteiger partial charge in [0.1, 0.15) is 0 Å². The Morgan fingerprint density at radius 2 is 2.12 bits per heavy atom. The van der Waals surface area contributed by atoms with Gasteiger partial charge in [-0.1, -0.05) is 13.8 Å². The van der Waals surface area contributed by atoms with Gasteiger partial charge in [-0.25, -0.2) is 0 Å². The summed E-state index contributed by atoms with van der Waals surface area (Å²) in [5.41, 5.74) is 5.41. The molecule has 0 aromatic rings. The topological polar surface area (TPSA) is 58.4 Å². The molecule has 1 amide bonds. The van der Waals surface area contributed by atoms with Crippen molar-refractivity contribution in [3.8, 4) is 0 Å². The van der Waals surface area contributed by atoms with Crippen LogP contribution in [0.3, 0.4) is 0 Å². The molecule has 1 aliphatic rings. The molecule has 0 bridgehead atoms. The number of hydrogen-bond donors (Lipinski definition) is 2. The number of nitrogens with two attached hydrogens (primary N) is 1. The number of carbonyl (C=O) groups is 1. The first-order chi connectivity index (χ1) is 8.07. The van der Waals surface area contributed by atoms with Gasteiger partial charge in [-0.2, -0.15) is 0 Å².